The van der Waals surface area contributed by atoms with E-state index in [9.17, 15) is 0 Å². The summed E-state index contributed by atoms with van der Waals surface area (Å²) in [7, 11) is 0. The maximum absolute atomic E-state index is 6.09. The van der Waals surface area contributed by atoms with Crippen LogP contribution in [-0.4, -0.2) is 51.0 Å². The van der Waals surface area contributed by atoms with Gasteiger partial charge in [-0.25, -0.2) is 0 Å². The van der Waals surface area contributed by atoms with Crippen molar-refractivity contribution in [2.45, 2.75) is 44.5 Å². The third-order valence-corrected chi connectivity index (χ3v) is 4.33. The predicted octanol–water partition coefficient (Wildman–Crippen LogP) is -0.00990. The van der Waals surface area contributed by atoms with Crippen molar-refractivity contribution in [3.05, 3.63) is 12.2 Å². The standard InChI is InChI=1S/C12H21N5O/c1-10-6-12(8-13,2-5-18-10)17-4-3-16-9-14-15-11(16)7-17/h9-10H,2-8,13H2,1H3. The largest absolute Gasteiger partial charge is 0.378 e. The van der Waals surface area contributed by atoms with Crippen LogP contribution in [-0.2, 0) is 17.8 Å². The smallest absolute Gasteiger partial charge is 0.147 e. The van der Waals surface area contributed by atoms with Crippen molar-refractivity contribution >= 4 is 0 Å². The van der Waals surface area contributed by atoms with E-state index < -0.39 is 0 Å². The summed E-state index contributed by atoms with van der Waals surface area (Å²) < 4.78 is 7.79. The number of nitrogens with zero attached hydrogens (tertiary/aromatic N) is 4. The molecule has 1 fully saturated rings. The van der Waals surface area contributed by atoms with Gasteiger partial charge < -0.3 is 15.0 Å². The van der Waals surface area contributed by atoms with Crippen molar-refractivity contribution in [3.8, 4) is 0 Å². The zero-order chi connectivity index (χ0) is 12.6. The molecule has 0 bridgehead atoms. The van der Waals surface area contributed by atoms with Gasteiger partial charge in [-0.3, -0.25) is 4.90 Å². The number of rotatable bonds is 2. The minimum absolute atomic E-state index is 0.0782. The van der Waals surface area contributed by atoms with Gasteiger partial charge in [-0.2, -0.15) is 0 Å². The Kier molecular flexibility index (Phi) is 3.09. The maximum Gasteiger partial charge on any atom is 0.147 e. The molecule has 3 rings (SSSR count). The Morgan fingerprint density at radius 1 is 1.56 bits per heavy atom. The Morgan fingerprint density at radius 3 is 3.22 bits per heavy atom. The van der Waals surface area contributed by atoms with E-state index in [1.54, 1.807) is 0 Å². The Bertz CT molecular complexity index is 420. The van der Waals surface area contributed by atoms with Crippen molar-refractivity contribution in [2.75, 3.05) is 19.7 Å². The highest BCUT2D eigenvalue weighted by Gasteiger charge is 2.41. The molecule has 1 saturated heterocycles. The molecule has 6 heteroatoms. The van der Waals surface area contributed by atoms with E-state index in [0.29, 0.717) is 12.6 Å². The summed E-state index contributed by atoms with van der Waals surface area (Å²) in [6.45, 7) is 6.46. The van der Waals surface area contributed by atoms with Crippen molar-refractivity contribution in [3.63, 3.8) is 0 Å². The predicted molar refractivity (Wildman–Crippen MR) is 66.9 cm³/mol. The SMILES string of the molecule is CC1CC(CN)(N2CCn3cnnc3C2)CCO1. The van der Waals surface area contributed by atoms with Crippen LogP contribution in [0.4, 0.5) is 0 Å². The van der Waals surface area contributed by atoms with E-state index >= 15 is 0 Å². The van der Waals surface area contributed by atoms with Crippen LogP contribution in [0.25, 0.3) is 0 Å². The average Bonchev–Trinajstić information content (AvgIpc) is 2.85. The second-order valence-corrected chi connectivity index (χ2v) is 5.43. The monoisotopic (exact) mass is 251 g/mol. The minimum Gasteiger partial charge on any atom is -0.378 e. The summed E-state index contributed by atoms with van der Waals surface area (Å²) in [5.41, 5.74) is 6.16. The molecular formula is C12H21N5O. The normalized spacial score (nSPS) is 33.3. The van der Waals surface area contributed by atoms with Crippen molar-refractivity contribution < 1.29 is 4.74 Å². The number of hydrogen-bond donors (Lipinski definition) is 1. The fraction of sp³-hybridized carbons (Fsp3) is 0.833. The van der Waals surface area contributed by atoms with Crippen LogP contribution in [0.2, 0.25) is 0 Å². The summed E-state index contributed by atoms with van der Waals surface area (Å²) in [5, 5.41) is 8.16. The summed E-state index contributed by atoms with van der Waals surface area (Å²) in [5.74, 6) is 1.05. The number of hydrogen-bond acceptors (Lipinski definition) is 5. The van der Waals surface area contributed by atoms with Gasteiger partial charge >= 0.3 is 0 Å². The van der Waals surface area contributed by atoms with Gasteiger partial charge in [0.2, 0.25) is 0 Å². The van der Waals surface area contributed by atoms with Crippen LogP contribution >= 0.6 is 0 Å². The van der Waals surface area contributed by atoms with Gasteiger partial charge in [0.1, 0.15) is 12.2 Å². The lowest BCUT2D eigenvalue weighted by Gasteiger charge is -2.48. The molecule has 0 radical (unpaired) electrons. The topological polar surface area (TPSA) is 69.2 Å². The third-order valence-electron chi connectivity index (χ3n) is 4.33. The second-order valence-electron chi connectivity index (χ2n) is 5.43. The molecule has 0 saturated carbocycles. The lowest BCUT2D eigenvalue weighted by molar-refractivity contribution is -0.0720. The lowest BCUT2D eigenvalue weighted by atomic mass is 9.84. The van der Waals surface area contributed by atoms with Crippen molar-refractivity contribution in [1.82, 2.24) is 19.7 Å². The van der Waals surface area contributed by atoms with Crippen LogP contribution in [0.1, 0.15) is 25.6 Å². The van der Waals surface area contributed by atoms with Crippen LogP contribution in [0, 0.1) is 0 Å². The van der Waals surface area contributed by atoms with Crippen LogP contribution < -0.4 is 5.73 Å². The molecule has 0 aliphatic carbocycles. The van der Waals surface area contributed by atoms with Crippen LogP contribution in [0.15, 0.2) is 6.33 Å². The number of nitrogens with two attached hydrogens (primary N) is 1. The second kappa shape index (κ2) is 4.60. The van der Waals surface area contributed by atoms with E-state index in [0.717, 1.165) is 44.9 Å². The van der Waals surface area contributed by atoms with Gasteiger partial charge in [-0.15, -0.1) is 10.2 Å². The Hall–Kier alpha value is -0.980. The van der Waals surface area contributed by atoms with Crippen molar-refractivity contribution in [2.24, 2.45) is 5.73 Å². The summed E-state index contributed by atoms with van der Waals surface area (Å²) >= 11 is 0. The Labute approximate surface area is 107 Å². The highest BCUT2D eigenvalue weighted by atomic mass is 16.5. The minimum atomic E-state index is 0.0782. The molecule has 0 spiro atoms. The summed E-state index contributed by atoms with van der Waals surface area (Å²) in [6, 6.07) is 0. The molecule has 18 heavy (non-hydrogen) atoms. The molecule has 0 amide bonds. The van der Waals surface area contributed by atoms with Gasteiger partial charge in [-0.05, 0) is 19.8 Å². The maximum atomic E-state index is 6.09. The molecule has 0 aromatic carbocycles. The van der Waals surface area contributed by atoms with Gasteiger partial charge in [0, 0.05) is 31.8 Å². The van der Waals surface area contributed by atoms with Gasteiger partial charge in [0.05, 0.1) is 12.6 Å². The zero-order valence-corrected chi connectivity index (χ0v) is 10.9. The van der Waals surface area contributed by atoms with Gasteiger partial charge in [-0.1, -0.05) is 0 Å². The fourth-order valence-electron chi connectivity index (χ4n) is 3.22. The number of aromatic nitrogens is 3. The van der Waals surface area contributed by atoms with Crippen LogP contribution in [0.5, 0.6) is 0 Å². The van der Waals surface area contributed by atoms with Gasteiger partial charge in [0.25, 0.3) is 0 Å². The zero-order valence-electron chi connectivity index (χ0n) is 10.9. The number of fused-ring (bicyclic) bond motifs is 1. The van der Waals surface area contributed by atoms with E-state index in [1.165, 1.54) is 0 Å². The quantitative estimate of drug-likeness (QED) is 0.800. The Balaban J connectivity index is 1.81. The summed E-state index contributed by atoms with van der Waals surface area (Å²) in [4.78, 5) is 2.48. The molecule has 1 aromatic rings. The summed E-state index contributed by atoms with van der Waals surface area (Å²) in [6.07, 6.45) is 4.13. The van der Waals surface area contributed by atoms with Crippen LogP contribution in [0.3, 0.4) is 0 Å². The molecule has 100 valence electrons. The molecule has 2 atom stereocenters. The lowest BCUT2D eigenvalue weighted by Crippen LogP contribution is -2.59. The first-order chi connectivity index (χ1) is 8.73. The molecular weight excluding hydrogens is 230 g/mol. The first-order valence-electron chi connectivity index (χ1n) is 6.67. The van der Waals surface area contributed by atoms with Gasteiger partial charge in [0.15, 0.2) is 0 Å². The molecule has 6 nitrogen and oxygen atoms in total. The number of ether oxygens (including phenoxy) is 1. The molecule has 2 unspecified atom stereocenters. The highest BCUT2D eigenvalue weighted by Crippen LogP contribution is 2.32. The third kappa shape index (κ3) is 1.94. The fourth-order valence-corrected chi connectivity index (χ4v) is 3.22. The van der Waals surface area contributed by atoms with Crippen molar-refractivity contribution in [1.29, 1.82) is 0 Å². The molecule has 1 aromatic heterocycles. The Morgan fingerprint density at radius 2 is 2.44 bits per heavy atom. The molecule has 2 aliphatic heterocycles. The first kappa shape index (κ1) is 12.1. The average molecular weight is 251 g/mol. The molecule has 3 heterocycles. The van der Waals surface area contributed by atoms with E-state index in [4.69, 9.17) is 10.5 Å². The first-order valence-corrected chi connectivity index (χ1v) is 6.67. The molecule has 2 aliphatic rings. The highest BCUT2D eigenvalue weighted by molar-refractivity contribution is 5.00. The van der Waals surface area contributed by atoms with E-state index in [1.807, 2.05) is 6.33 Å². The molecule has 2 N–H and O–H groups in total. The van der Waals surface area contributed by atoms with E-state index in [2.05, 4.69) is 26.6 Å². The van der Waals surface area contributed by atoms with E-state index in [-0.39, 0.29) is 5.54 Å².